The Labute approximate surface area is 238 Å². The molecule has 0 unspecified atom stereocenters. The van der Waals surface area contributed by atoms with Gasteiger partial charge in [-0.15, -0.1) is 10.2 Å². The molecule has 0 bridgehead atoms. The molecule has 0 aromatic heterocycles. The van der Waals surface area contributed by atoms with Crippen LogP contribution < -0.4 is 0 Å². The number of hydrogen-bond acceptors (Lipinski definition) is 12. The Morgan fingerprint density at radius 2 is 0.881 bits per heavy atom. The topological polar surface area (TPSA) is 239 Å². The van der Waals surface area contributed by atoms with Crippen molar-refractivity contribution in [1.29, 1.82) is 0 Å². The molecule has 216 valence electrons. The van der Waals surface area contributed by atoms with Gasteiger partial charge in [0, 0.05) is 12.1 Å². The fourth-order valence-electron chi connectivity index (χ4n) is 3.49. The fraction of sp³-hybridized carbons (Fsp3) is 0. The minimum Gasteiger partial charge on any atom is -0.508 e. The molecule has 4 aromatic carbocycles. The second kappa shape index (κ2) is 11.8. The van der Waals surface area contributed by atoms with E-state index >= 15 is 0 Å². The van der Waals surface area contributed by atoms with Crippen LogP contribution >= 0.6 is 0 Å². The van der Waals surface area contributed by atoms with E-state index < -0.39 is 30.0 Å². The molecule has 0 fully saturated rings. The Kier molecular flexibility index (Phi) is 8.34. The van der Waals surface area contributed by atoms with E-state index in [1.54, 1.807) is 0 Å². The predicted octanol–water partition coefficient (Wildman–Crippen LogP) is 6.00. The van der Waals surface area contributed by atoms with Crippen molar-refractivity contribution in [2.75, 3.05) is 0 Å². The maximum Gasteiger partial charge on any atom is 0.295 e. The van der Waals surface area contributed by atoms with Gasteiger partial charge in [0.2, 0.25) is 0 Å². The molecule has 0 atom stereocenters. The van der Waals surface area contributed by atoms with E-state index in [9.17, 15) is 46.4 Å². The number of phenols is 4. The number of phenolic OH excluding ortho intramolecular Hbond substituents is 4. The zero-order valence-electron chi connectivity index (χ0n) is 21.0. The number of benzene rings is 4. The lowest BCUT2D eigenvalue weighted by molar-refractivity contribution is 0.450. The summed E-state index contributed by atoms with van der Waals surface area (Å²) in [6, 6.07) is 14.3. The maximum absolute atomic E-state index is 12.1. The van der Waals surface area contributed by atoms with Crippen LogP contribution in [0.25, 0.3) is 12.2 Å². The summed E-state index contributed by atoms with van der Waals surface area (Å²) in [7, 11) is -9.62. The Bertz CT molecular complexity index is 1850. The van der Waals surface area contributed by atoms with Crippen molar-refractivity contribution < 1.29 is 46.4 Å². The first-order valence-corrected chi connectivity index (χ1v) is 14.4. The van der Waals surface area contributed by atoms with Crippen LogP contribution in [-0.2, 0) is 20.2 Å². The molecule has 0 radical (unpaired) electrons. The molecule has 16 heteroatoms. The number of aromatic hydroxyl groups is 4. The Morgan fingerprint density at radius 1 is 0.500 bits per heavy atom. The normalized spacial score (nSPS) is 12.5. The van der Waals surface area contributed by atoms with Gasteiger partial charge >= 0.3 is 0 Å². The molecule has 14 nitrogen and oxygen atoms in total. The molecular weight excluding hydrogens is 592 g/mol. The summed E-state index contributed by atoms with van der Waals surface area (Å²) < 4.78 is 67.8. The van der Waals surface area contributed by atoms with E-state index in [0.29, 0.717) is 0 Å². The first kappa shape index (κ1) is 29.8. The van der Waals surface area contributed by atoms with Gasteiger partial charge < -0.3 is 20.4 Å². The van der Waals surface area contributed by atoms with Crippen molar-refractivity contribution in [3.8, 4) is 23.0 Å². The first-order chi connectivity index (χ1) is 19.7. The molecular formula is C26H20N4O10S2. The van der Waals surface area contributed by atoms with Crippen molar-refractivity contribution in [2.24, 2.45) is 20.5 Å². The van der Waals surface area contributed by atoms with Gasteiger partial charge in [-0.05, 0) is 59.7 Å². The van der Waals surface area contributed by atoms with Crippen molar-refractivity contribution in [3.63, 3.8) is 0 Å². The van der Waals surface area contributed by atoms with Gasteiger partial charge in [0.1, 0.15) is 44.2 Å². The van der Waals surface area contributed by atoms with E-state index in [1.165, 1.54) is 60.7 Å². The molecule has 0 amide bonds. The lowest BCUT2D eigenvalue weighted by atomic mass is 10.1. The summed E-state index contributed by atoms with van der Waals surface area (Å²) in [5.74, 6) is -1.17. The highest BCUT2D eigenvalue weighted by atomic mass is 32.2. The summed E-state index contributed by atoms with van der Waals surface area (Å²) in [4.78, 5) is -1.20. The number of nitrogens with zero attached hydrogens (tertiary/aromatic N) is 4. The van der Waals surface area contributed by atoms with E-state index in [2.05, 4.69) is 20.5 Å². The third-order valence-electron chi connectivity index (χ3n) is 5.46. The summed E-state index contributed by atoms with van der Waals surface area (Å²) in [5, 5.41) is 53.6. The van der Waals surface area contributed by atoms with Crippen LogP contribution in [-0.4, -0.2) is 46.4 Å². The van der Waals surface area contributed by atoms with Gasteiger partial charge in [-0.3, -0.25) is 9.11 Å². The maximum atomic E-state index is 12.1. The quantitative estimate of drug-likeness (QED) is 0.0769. The monoisotopic (exact) mass is 612 g/mol. The number of azo groups is 2. The molecule has 0 heterocycles. The summed E-state index contributed by atoms with van der Waals surface area (Å²) >= 11 is 0. The zero-order valence-corrected chi connectivity index (χ0v) is 22.6. The molecule has 0 saturated carbocycles. The van der Waals surface area contributed by atoms with Crippen LogP contribution in [0.1, 0.15) is 11.1 Å². The molecule has 0 saturated heterocycles. The minimum atomic E-state index is -4.81. The zero-order chi connectivity index (χ0) is 30.7. The van der Waals surface area contributed by atoms with Gasteiger partial charge in [-0.1, -0.05) is 24.3 Å². The Morgan fingerprint density at radius 3 is 1.21 bits per heavy atom. The lowest BCUT2D eigenvalue weighted by Crippen LogP contribution is -2.01. The molecule has 0 spiro atoms. The predicted molar refractivity (Wildman–Crippen MR) is 149 cm³/mol. The van der Waals surface area contributed by atoms with Crippen LogP contribution in [0.5, 0.6) is 23.0 Å². The van der Waals surface area contributed by atoms with E-state index in [-0.39, 0.29) is 56.9 Å². The van der Waals surface area contributed by atoms with Gasteiger partial charge in [0.25, 0.3) is 20.2 Å². The van der Waals surface area contributed by atoms with Crippen LogP contribution in [0, 0.1) is 0 Å². The Balaban J connectivity index is 1.67. The minimum absolute atomic E-state index is 0.0224. The van der Waals surface area contributed by atoms with Crippen LogP contribution in [0.3, 0.4) is 0 Å². The standard InChI is InChI=1S/C26H20N4O10S2/c31-19-7-9-21(23(33)13-19)29-27-17-5-3-15(25(11-17)41(35,36)37)1-2-16-4-6-18(12-26(16)42(38,39)40)28-30-22-10-8-20(32)14-24(22)34/h1-14,31-34H,(H,35,36,37)(H,38,39,40)/b2-1+,29-27?,30-28?. The molecule has 4 aromatic rings. The highest BCUT2D eigenvalue weighted by molar-refractivity contribution is 7.86. The van der Waals surface area contributed by atoms with Crippen molar-refractivity contribution in [3.05, 3.63) is 83.9 Å². The van der Waals surface area contributed by atoms with Crippen LogP contribution in [0.2, 0.25) is 0 Å². The number of hydrogen-bond donors (Lipinski definition) is 6. The summed E-state index contributed by atoms with van der Waals surface area (Å²) in [5.41, 5.74) is -0.245. The molecule has 0 aliphatic carbocycles. The highest BCUT2D eigenvalue weighted by Gasteiger charge is 2.18. The molecule has 42 heavy (non-hydrogen) atoms. The number of rotatable bonds is 8. The van der Waals surface area contributed by atoms with Gasteiger partial charge in [0.05, 0.1) is 11.4 Å². The largest absolute Gasteiger partial charge is 0.508 e. The van der Waals surface area contributed by atoms with E-state index in [4.69, 9.17) is 0 Å². The molecule has 6 N–H and O–H groups in total. The third kappa shape index (κ3) is 7.32. The van der Waals surface area contributed by atoms with Crippen molar-refractivity contribution in [1.82, 2.24) is 0 Å². The Hall–Kier alpha value is -5.16. The van der Waals surface area contributed by atoms with Crippen LogP contribution in [0.4, 0.5) is 22.7 Å². The summed E-state index contributed by atoms with van der Waals surface area (Å²) in [6.45, 7) is 0. The average molecular weight is 613 g/mol. The first-order valence-electron chi connectivity index (χ1n) is 11.5. The smallest absolute Gasteiger partial charge is 0.295 e. The second-order valence-electron chi connectivity index (χ2n) is 8.47. The van der Waals surface area contributed by atoms with E-state index in [1.807, 2.05) is 0 Å². The lowest BCUT2D eigenvalue weighted by Gasteiger charge is -2.06. The van der Waals surface area contributed by atoms with Gasteiger partial charge in [0.15, 0.2) is 0 Å². The molecule has 4 rings (SSSR count). The summed E-state index contributed by atoms with van der Waals surface area (Å²) in [6.07, 6.45) is 2.35. The van der Waals surface area contributed by atoms with E-state index in [0.717, 1.165) is 24.3 Å². The third-order valence-corrected chi connectivity index (χ3v) is 7.28. The van der Waals surface area contributed by atoms with Gasteiger partial charge in [-0.25, -0.2) is 0 Å². The van der Waals surface area contributed by atoms with Crippen molar-refractivity contribution >= 4 is 55.1 Å². The van der Waals surface area contributed by atoms with Gasteiger partial charge in [-0.2, -0.15) is 27.1 Å². The highest BCUT2D eigenvalue weighted by Crippen LogP contribution is 2.34. The SMILES string of the molecule is O=S(=O)(O)c1cc(N=Nc2ccc(O)cc2O)ccc1/C=C/c1ccc(N=Nc2ccc(O)cc2O)cc1S(=O)(=O)O. The van der Waals surface area contributed by atoms with Crippen LogP contribution in [0.15, 0.2) is 103 Å². The molecule has 0 aliphatic rings. The fourth-order valence-corrected chi connectivity index (χ4v) is 4.90. The van der Waals surface area contributed by atoms with Crippen molar-refractivity contribution in [2.45, 2.75) is 9.79 Å². The average Bonchev–Trinajstić information content (AvgIpc) is 2.90. The second-order valence-corrected chi connectivity index (χ2v) is 11.3. The molecule has 0 aliphatic heterocycles.